The number of nitrogen functional groups attached to an aromatic ring is 1. The van der Waals surface area contributed by atoms with Crippen LogP contribution in [-0.2, 0) is 0 Å². The molecule has 10 heteroatoms. The van der Waals surface area contributed by atoms with E-state index in [2.05, 4.69) is 4.98 Å². The van der Waals surface area contributed by atoms with E-state index in [1.54, 1.807) is 0 Å². The Kier molecular flexibility index (Phi) is 4.01. The van der Waals surface area contributed by atoms with Gasteiger partial charge in [0, 0.05) is 31.4 Å². The minimum atomic E-state index is -1.03. The fraction of sp³-hybridized carbons (Fsp3) is 0.176. The van der Waals surface area contributed by atoms with Gasteiger partial charge < -0.3 is 15.7 Å². The number of pyridine rings is 2. The third-order valence-electron chi connectivity index (χ3n) is 4.39. The molecule has 0 atom stereocenters. The van der Waals surface area contributed by atoms with Crippen LogP contribution >= 0.6 is 11.6 Å². The van der Waals surface area contributed by atoms with Crippen LogP contribution in [0.5, 0.6) is 0 Å². The highest BCUT2D eigenvalue weighted by atomic mass is 35.5. The molecule has 1 aliphatic heterocycles. The third-order valence-corrected chi connectivity index (χ3v) is 4.75. The Morgan fingerprint density at radius 1 is 1.19 bits per heavy atom. The zero-order valence-corrected chi connectivity index (χ0v) is 14.3. The Morgan fingerprint density at radius 2 is 1.89 bits per heavy atom. The zero-order valence-electron chi connectivity index (χ0n) is 13.6. The van der Waals surface area contributed by atoms with Crippen molar-refractivity contribution in [1.82, 2.24) is 9.55 Å². The van der Waals surface area contributed by atoms with E-state index in [-0.39, 0.29) is 40.5 Å². The molecule has 0 aliphatic carbocycles. The fourth-order valence-corrected chi connectivity index (χ4v) is 3.48. The molecule has 0 saturated carbocycles. The largest absolute Gasteiger partial charge is 0.389 e. The number of aromatic nitrogens is 2. The first kappa shape index (κ1) is 17.6. The highest BCUT2D eigenvalue weighted by Gasteiger charge is 2.30. The van der Waals surface area contributed by atoms with E-state index in [1.807, 2.05) is 0 Å². The minimum absolute atomic E-state index is 0.000588. The molecule has 0 amide bonds. The molecular formula is C17H12ClF3N4O2. The van der Waals surface area contributed by atoms with E-state index in [4.69, 9.17) is 17.3 Å². The molecule has 6 nitrogen and oxygen atoms in total. The summed E-state index contributed by atoms with van der Waals surface area (Å²) in [7, 11) is 0. The first-order chi connectivity index (χ1) is 12.8. The van der Waals surface area contributed by atoms with Crippen molar-refractivity contribution in [1.29, 1.82) is 0 Å². The summed E-state index contributed by atoms with van der Waals surface area (Å²) in [4.78, 5) is 17.4. The van der Waals surface area contributed by atoms with Gasteiger partial charge in [-0.05, 0) is 6.07 Å². The van der Waals surface area contributed by atoms with Gasteiger partial charge in [0.15, 0.2) is 28.7 Å². The Labute approximate surface area is 155 Å². The Morgan fingerprint density at radius 3 is 2.56 bits per heavy atom. The van der Waals surface area contributed by atoms with Crippen LogP contribution in [0.2, 0.25) is 5.02 Å². The highest BCUT2D eigenvalue weighted by molar-refractivity contribution is 6.38. The van der Waals surface area contributed by atoms with Crippen LogP contribution in [0.15, 0.2) is 29.2 Å². The Balaban J connectivity index is 2.05. The van der Waals surface area contributed by atoms with Gasteiger partial charge >= 0.3 is 0 Å². The van der Waals surface area contributed by atoms with E-state index < -0.39 is 34.8 Å². The molecule has 1 fully saturated rings. The van der Waals surface area contributed by atoms with E-state index in [0.29, 0.717) is 6.07 Å². The second-order valence-corrected chi connectivity index (χ2v) is 6.56. The van der Waals surface area contributed by atoms with Gasteiger partial charge in [0.2, 0.25) is 0 Å². The molecule has 3 aromatic rings. The van der Waals surface area contributed by atoms with Crippen LogP contribution < -0.4 is 16.1 Å². The van der Waals surface area contributed by atoms with Crippen molar-refractivity contribution in [3.05, 3.63) is 57.1 Å². The predicted molar refractivity (Wildman–Crippen MR) is 94.9 cm³/mol. The number of nitrogens with two attached hydrogens (primary N) is 1. The average molecular weight is 397 g/mol. The maximum absolute atomic E-state index is 14.6. The van der Waals surface area contributed by atoms with Gasteiger partial charge in [-0.2, -0.15) is 0 Å². The van der Waals surface area contributed by atoms with Crippen LogP contribution in [-0.4, -0.2) is 33.9 Å². The second-order valence-electron chi connectivity index (χ2n) is 6.19. The van der Waals surface area contributed by atoms with Crippen LogP contribution in [0.1, 0.15) is 0 Å². The molecule has 27 heavy (non-hydrogen) atoms. The van der Waals surface area contributed by atoms with Crippen molar-refractivity contribution in [2.24, 2.45) is 0 Å². The number of nitrogens with zero attached hydrogens (tertiary/aromatic N) is 3. The molecule has 3 heterocycles. The first-order valence-corrected chi connectivity index (χ1v) is 8.24. The number of aliphatic hydroxyl groups excluding tert-OH is 1. The number of hydrogen-bond acceptors (Lipinski definition) is 5. The normalized spacial score (nSPS) is 14.6. The van der Waals surface area contributed by atoms with Gasteiger partial charge in [-0.3, -0.25) is 9.36 Å². The summed E-state index contributed by atoms with van der Waals surface area (Å²) in [5.74, 6) is -3.74. The minimum Gasteiger partial charge on any atom is -0.389 e. The van der Waals surface area contributed by atoms with Gasteiger partial charge in [-0.15, -0.1) is 0 Å². The lowest BCUT2D eigenvalue weighted by Crippen LogP contribution is -2.51. The summed E-state index contributed by atoms with van der Waals surface area (Å²) in [6, 6.07) is 2.64. The Bertz CT molecular complexity index is 1150. The molecule has 4 rings (SSSR count). The van der Waals surface area contributed by atoms with Gasteiger partial charge in [0.1, 0.15) is 5.82 Å². The van der Waals surface area contributed by atoms with E-state index in [0.717, 1.165) is 16.7 Å². The van der Waals surface area contributed by atoms with Gasteiger partial charge in [-0.1, -0.05) is 11.6 Å². The first-order valence-electron chi connectivity index (χ1n) is 7.86. The van der Waals surface area contributed by atoms with Crippen LogP contribution in [0.3, 0.4) is 0 Å². The lowest BCUT2D eigenvalue weighted by Gasteiger charge is -2.38. The molecule has 3 N–H and O–H groups in total. The summed E-state index contributed by atoms with van der Waals surface area (Å²) < 4.78 is 43.5. The maximum atomic E-state index is 14.6. The average Bonchev–Trinajstić information content (AvgIpc) is 2.58. The SMILES string of the molecule is Nc1nc(-n2ccc(=O)c3cc(F)c(N4CC(O)C4)c(Cl)c32)c(F)cc1F. The molecule has 140 valence electrons. The number of anilines is 2. The summed E-state index contributed by atoms with van der Waals surface area (Å²) in [5.41, 5.74) is 4.87. The van der Waals surface area contributed by atoms with Crippen molar-refractivity contribution >= 4 is 34.0 Å². The molecular weight excluding hydrogens is 385 g/mol. The molecule has 0 radical (unpaired) electrons. The van der Waals surface area contributed by atoms with Crippen molar-refractivity contribution < 1.29 is 18.3 Å². The van der Waals surface area contributed by atoms with Crippen molar-refractivity contribution in [3.8, 4) is 5.82 Å². The smallest absolute Gasteiger partial charge is 0.189 e. The molecule has 2 aromatic heterocycles. The standard InChI is InChI=1S/C17H12ClF3N4O2/c18-13-14-8(3-9(19)15(13)24-5-7(26)6-24)12(27)1-2-25(14)17-11(21)4-10(20)16(22)23-17/h1-4,7,26H,5-6H2,(H2,22,23). The number of rotatable bonds is 2. The van der Waals surface area contributed by atoms with Gasteiger partial charge in [0.05, 0.1) is 27.7 Å². The van der Waals surface area contributed by atoms with Crippen molar-refractivity contribution in [2.75, 3.05) is 23.7 Å². The maximum Gasteiger partial charge on any atom is 0.189 e. The number of fused-ring (bicyclic) bond motifs is 1. The van der Waals surface area contributed by atoms with Crippen molar-refractivity contribution in [3.63, 3.8) is 0 Å². The quantitative estimate of drug-likeness (QED) is 0.694. The number of β-amino-alcohol motifs (C(OH)–C–C–N with tert-alkyl or cyclic N) is 1. The Hall–Kier alpha value is -2.78. The monoisotopic (exact) mass is 396 g/mol. The fourth-order valence-electron chi connectivity index (χ4n) is 3.07. The van der Waals surface area contributed by atoms with E-state index in [1.165, 1.54) is 11.1 Å². The molecule has 1 aromatic carbocycles. The second kappa shape index (κ2) is 6.14. The van der Waals surface area contributed by atoms with Crippen LogP contribution in [0.25, 0.3) is 16.7 Å². The molecule has 1 aliphatic rings. The number of halogens is 4. The topological polar surface area (TPSA) is 84.4 Å². The number of hydrogen-bond donors (Lipinski definition) is 2. The molecule has 1 saturated heterocycles. The lowest BCUT2D eigenvalue weighted by atomic mass is 10.1. The summed E-state index contributed by atoms with van der Waals surface area (Å²) in [6.45, 7) is 0.324. The predicted octanol–water partition coefficient (Wildman–Crippen LogP) is 2.22. The molecule has 0 unspecified atom stereocenters. The van der Waals surface area contributed by atoms with Gasteiger partial charge in [-0.25, -0.2) is 18.2 Å². The zero-order chi connectivity index (χ0) is 19.5. The highest BCUT2D eigenvalue weighted by Crippen LogP contribution is 2.38. The van der Waals surface area contributed by atoms with E-state index in [9.17, 15) is 23.1 Å². The van der Waals surface area contributed by atoms with Crippen molar-refractivity contribution in [2.45, 2.75) is 6.10 Å². The molecule has 0 bridgehead atoms. The number of aliphatic hydroxyl groups is 1. The van der Waals surface area contributed by atoms with Gasteiger partial charge in [0.25, 0.3) is 0 Å². The number of benzene rings is 1. The summed E-state index contributed by atoms with van der Waals surface area (Å²) in [5, 5.41) is 9.22. The van der Waals surface area contributed by atoms with Crippen LogP contribution in [0, 0.1) is 17.5 Å². The van der Waals surface area contributed by atoms with E-state index >= 15 is 0 Å². The summed E-state index contributed by atoms with van der Waals surface area (Å²) in [6.07, 6.45) is 0.580. The lowest BCUT2D eigenvalue weighted by molar-refractivity contribution is 0.141. The van der Waals surface area contributed by atoms with Crippen LogP contribution in [0.4, 0.5) is 24.7 Å². The molecule has 0 spiro atoms. The third kappa shape index (κ3) is 2.70. The summed E-state index contributed by atoms with van der Waals surface area (Å²) >= 11 is 6.37.